The molecule has 0 radical (unpaired) electrons. The Morgan fingerprint density at radius 2 is 1.94 bits per heavy atom. The van der Waals surface area contributed by atoms with Gasteiger partial charge in [0.05, 0.1) is 21.9 Å². The van der Waals surface area contributed by atoms with Crippen molar-refractivity contribution in [1.29, 1.82) is 0 Å². The Balaban J connectivity index is 1.51. The second kappa shape index (κ2) is 9.06. The molecule has 2 atom stereocenters. The number of ether oxygens (including phenoxy) is 1. The Bertz CT molecular complexity index is 1060. The number of aromatic nitrogens is 2. The zero-order valence-corrected chi connectivity index (χ0v) is 20.8. The number of esters is 1. The van der Waals surface area contributed by atoms with E-state index in [4.69, 9.17) is 21.4 Å². The number of carbonyl (C=O) groups is 1. The highest BCUT2D eigenvalue weighted by molar-refractivity contribution is 8.14. The minimum atomic E-state index is -0.442. The molecule has 2 saturated carbocycles. The number of nitrogens with zero attached hydrogens (tertiary/aromatic N) is 3. The SMILES string of the molecule is CC(=N/C=C(\C)Cl)Sc1cn(C2CC2)nc1-c1ccc(C2CC2C(=O)OC(C)(C)C)cc1. The second-order valence-electron chi connectivity index (χ2n) is 9.62. The summed E-state index contributed by atoms with van der Waals surface area (Å²) in [6.07, 6.45) is 7.01. The number of hydrogen-bond acceptors (Lipinski definition) is 5. The van der Waals surface area contributed by atoms with Crippen LogP contribution in [-0.4, -0.2) is 26.4 Å². The molecular formula is C25H30ClN3O2S. The smallest absolute Gasteiger partial charge is 0.310 e. The topological polar surface area (TPSA) is 56.5 Å². The number of carbonyl (C=O) groups excluding carboxylic acids is 1. The van der Waals surface area contributed by atoms with Gasteiger partial charge in [0.2, 0.25) is 0 Å². The first-order valence-corrected chi connectivity index (χ1v) is 12.3. The Hall–Kier alpha value is -2.05. The van der Waals surface area contributed by atoms with Crippen LogP contribution in [0.4, 0.5) is 0 Å². The molecule has 2 aromatic rings. The standard InChI is InChI=1S/C25H30ClN3O2S/c1-15(26)13-27-16(2)32-22-14-29(19-10-11-19)28-23(22)18-8-6-17(7-9-18)20-12-21(20)24(30)31-25(3,4)5/h6-9,13-14,19-21H,10-12H2,1-5H3/b15-13+,27-16?. The van der Waals surface area contributed by atoms with Crippen molar-refractivity contribution >= 4 is 34.4 Å². The molecule has 0 amide bonds. The Kier molecular flexibility index (Phi) is 6.55. The van der Waals surface area contributed by atoms with Crippen LogP contribution in [0.3, 0.4) is 0 Å². The van der Waals surface area contributed by atoms with E-state index in [2.05, 4.69) is 40.1 Å². The molecule has 0 aliphatic heterocycles. The Labute approximate surface area is 199 Å². The maximum absolute atomic E-state index is 12.3. The van der Waals surface area contributed by atoms with E-state index in [1.165, 1.54) is 18.4 Å². The summed E-state index contributed by atoms with van der Waals surface area (Å²) in [5.74, 6) is 0.124. The summed E-state index contributed by atoms with van der Waals surface area (Å²) in [6, 6.07) is 8.97. The maximum Gasteiger partial charge on any atom is 0.310 e. The van der Waals surface area contributed by atoms with Gasteiger partial charge in [0.25, 0.3) is 0 Å². The minimum absolute atomic E-state index is 0.0300. The summed E-state index contributed by atoms with van der Waals surface area (Å²) in [4.78, 5) is 17.9. The molecule has 4 rings (SSSR count). The van der Waals surface area contributed by atoms with Gasteiger partial charge in [-0.25, -0.2) is 0 Å². The van der Waals surface area contributed by atoms with Gasteiger partial charge in [-0.2, -0.15) is 5.10 Å². The first kappa shape index (κ1) is 23.1. The van der Waals surface area contributed by atoms with Crippen molar-refractivity contribution in [2.45, 2.75) is 76.3 Å². The van der Waals surface area contributed by atoms with E-state index in [-0.39, 0.29) is 17.8 Å². The molecule has 1 aromatic carbocycles. The zero-order valence-electron chi connectivity index (χ0n) is 19.3. The molecule has 5 nitrogen and oxygen atoms in total. The van der Waals surface area contributed by atoms with Crippen LogP contribution >= 0.6 is 23.4 Å². The van der Waals surface area contributed by atoms with Crippen molar-refractivity contribution < 1.29 is 9.53 Å². The molecule has 7 heteroatoms. The lowest BCUT2D eigenvalue weighted by Crippen LogP contribution is -2.25. The van der Waals surface area contributed by atoms with Gasteiger partial charge in [-0.3, -0.25) is 14.5 Å². The summed E-state index contributed by atoms with van der Waals surface area (Å²) in [6.45, 7) is 9.52. The third-order valence-electron chi connectivity index (χ3n) is 5.41. The van der Waals surface area contributed by atoms with Gasteiger partial charge in [0, 0.05) is 23.0 Å². The van der Waals surface area contributed by atoms with Crippen molar-refractivity contribution in [2.24, 2.45) is 10.9 Å². The summed E-state index contributed by atoms with van der Waals surface area (Å²) >= 11 is 7.52. The van der Waals surface area contributed by atoms with E-state index >= 15 is 0 Å². The van der Waals surface area contributed by atoms with E-state index in [0.29, 0.717) is 11.1 Å². The first-order chi connectivity index (χ1) is 15.1. The second-order valence-corrected chi connectivity index (χ2v) is 11.5. The lowest BCUT2D eigenvalue weighted by atomic mass is 10.0. The summed E-state index contributed by atoms with van der Waals surface area (Å²) in [5.41, 5.74) is 2.78. The predicted molar refractivity (Wildman–Crippen MR) is 131 cm³/mol. The number of benzene rings is 1. The number of thioether (sulfide) groups is 1. The number of hydrogen-bond donors (Lipinski definition) is 0. The first-order valence-electron chi connectivity index (χ1n) is 11.1. The van der Waals surface area contributed by atoms with Crippen LogP contribution in [0.1, 0.15) is 71.4 Å². The van der Waals surface area contributed by atoms with E-state index in [1.54, 1.807) is 18.0 Å². The molecule has 0 saturated heterocycles. The van der Waals surface area contributed by atoms with Gasteiger partial charge in [0.15, 0.2) is 0 Å². The zero-order chi connectivity index (χ0) is 23.0. The highest BCUT2D eigenvalue weighted by Crippen LogP contribution is 2.49. The largest absolute Gasteiger partial charge is 0.460 e. The van der Waals surface area contributed by atoms with Crippen LogP contribution in [0.2, 0.25) is 0 Å². The van der Waals surface area contributed by atoms with Gasteiger partial charge in [-0.05, 0) is 65.4 Å². The van der Waals surface area contributed by atoms with E-state index in [9.17, 15) is 4.79 Å². The molecule has 1 aromatic heterocycles. The van der Waals surface area contributed by atoms with Crippen LogP contribution < -0.4 is 0 Å². The van der Waals surface area contributed by atoms with E-state index in [1.807, 2.05) is 34.6 Å². The molecule has 2 unspecified atom stereocenters. The van der Waals surface area contributed by atoms with E-state index < -0.39 is 5.60 Å². The summed E-state index contributed by atoms with van der Waals surface area (Å²) in [7, 11) is 0. The fraction of sp³-hybridized carbons (Fsp3) is 0.480. The Morgan fingerprint density at radius 3 is 2.53 bits per heavy atom. The number of allylic oxidation sites excluding steroid dienone is 1. The van der Waals surface area contributed by atoms with E-state index in [0.717, 1.165) is 27.6 Å². The van der Waals surface area contributed by atoms with Crippen LogP contribution in [0, 0.1) is 5.92 Å². The molecule has 2 fully saturated rings. The quantitative estimate of drug-likeness (QED) is 0.198. The van der Waals surface area contributed by atoms with Crippen LogP contribution in [0.5, 0.6) is 0 Å². The third kappa shape index (κ3) is 5.84. The lowest BCUT2D eigenvalue weighted by molar-refractivity contribution is -0.156. The molecule has 1 heterocycles. The molecule has 2 aliphatic carbocycles. The van der Waals surface area contributed by atoms with Gasteiger partial charge in [-0.1, -0.05) is 47.6 Å². The van der Waals surface area contributed by atoms with Gasteiger partial charge < -0.3 is 4.74 Å². The van der Waals surface area contributed by atoms with Crippen LogP contribution in [0.15, 0.2) is 51.6 Å². The number of rotatable bonds is 6. The van der Waals surface area contributed by atoms with Crippen LogP contribution in [0.25, 0.3) is 11.3 Å². The highest BCUT2D eigenvalue weighted by atomic mass is 35.5. The van der Waals surface area contributed by atoms with Crippen molar-refractivity contribution in [1.82, 2.24) is 9.78 Å². The normalized spacial score (nSPS) is 21.6. The average molecular weight is 472 g/mol. The van der Waals surface area contributed by atoms with Crippen molar-refractivity contribution in [3.63, 3.8) is 0 Å². The molecule has 0 bridgehead atoms. The number of aliphatic imine (C=N–C) groups is 1. The summed E-state index contributed by atoms with van der Waals surface area (Å²) < 4.78 is 7.63. The molecule has 0 spiro atoms. The fourth-order valence-electron chi connectivity index (χ4n) is 3.63. The Morgan fingerprint density at radius 1 is 1.25 bits per heavy atom. The lowest BCUT2D eigenvalue weighted by Gasteiger charge is -2.19. The summed E-state index contributed by atoms with van der Waals surface area (Å²) in [5, 5.41) is 6.45. The van der Waals surface area contributed by atoms with Gasteiger partial charge >= 0.3 is 5.97 Å². The number of halogens is 1. The van der Waals surface area contributed by atoms with Crippen LogP contribution in [-0.2, 0) is 9.53 Å². The average Bonchev–Trinajstić information content (AvgIpc) is 3.63. The molecule has 32 heavy (non-hydrogen) atoms. The van der Waals surface area contributed by atoms with Crippen molar-refractivity contribution in [3.8, 4) is 11.3 Å². The molecular weight excluding hydrogens is 442 g/mol. The minimum Gasteiger partial charge on any atom is -0.460 e. The monoisotopic (exact) mass is 471 g/mol. The maximum atomic E-state index is 12.3. The van der Waals surface area contributed by atoms with Gasteiger partial charge in [0.1, 0.15) is 11.3 Å². The van der Waals surface area contributed by atoms with Crippen molar-refractivity contribution in [3.05, 3.63) is 47.3 Å². The predicted octanol–water partition coefficient (Wildman–Crippen LogP) is 6.94. The third-order valence-corrected chi connectivity index (χ3v) is 6.43. The van der Waals surface area contributed by atoms with Gasteiger partial charge in [-0.15, -0.1) is 0 Å². The molecule has 170 valence electrons. The highest BCUT2D eigenvalue weighted by Gasteiger charge is 2.46. The van der Waals surface area contributed by atoms with Crippen molar-refractivity contribution in [2.75, 3.05) is 0 Å². The fourth-order valence-corrected chi connectivity index (χ4v) is 4.52. The molecule has 2 aliphatic rings. The molecule has 0 N–H and O–H groups in total.